The first-order valence-electron chi connectivity index (χ1n) is 9.11. The Bertz CT molecular complexity index is 1010. The summed E-state index contributed by atoms with van der Waals surface area (Å²) in [5.74, 6) is 0.968. The molecule has 4 rings (SSSR count). The van der Waals surface area contributed by atoms with Crippen LogP contribution in [0.15, 0.2) is 57.7 Å². The Morgan fingerprint density at radius 3 is 2.74 bits per heavy atom. The summed E-state index contributed by atoms with van der Waals surface area (Å²) in [6.45, 7) is 4.62. The normalized spacial score (nSPS) is 15.2. The molecule has 1 fully saturated rings. The minimum absolute atomic E-state index is 0.0991. The van der Waals surface area contributed by atoms with Crippen molar-refractivity contribution in [3.8, 4) is 11.5 Å². The number of rotatable bonds is 4. The van der Waals surface area contributed by atoms with E-state index in [9.17, 15) is 9.90 Å². The van der Waals surface area contributed by atoms with Gasteiger partial charge in [0.1, 0.15) is 23.6 Å². The van der Waals surface area contributed by atoms with Crippen molar-refractivity contribution in [2.24, 2.45) is 0 Å². The number of fused-ring (bicyclic) bond motifs is 1. The van der Waals surface area contributed by atoms with Crippen molar-refractivity contribution in [2.45, 2.75) is 6.54 Å². The molecule has 1 aliphatic rings. The van der Waals surface area contributed by atoms with Gasteiger partial charge in [-0.1, -0.05) is 6.07 Å². The van der Waals surface area contributed by atoms with Gasteiger partial charge < -0.3 is 24.1 Å². The lowest BCUT2D eigenvalue weighted by molar-refractivity contribution is -0.914. The molecule has 2 N–H and O–H groups in total. The van der Waals surface area contributed by atoms with Gasteiger partial charge in [0, 0.05) is 34.8 Å². The van der Waals surface area contributed by atoms with E-state index < -0.39 is 0 Å². The van der Waals surface area contributed by atoms with Crippen molar-refractivity contribution < 1.29 is 19.2 Å². The van der Waals surface area contributed by atoms with Crippen molar-refractivity contribution in [3.63, 3.8) is 0 Å². The number of hydrogen-bond acceptors (Lipinski definition) is 5. The number of hydrogen-bond donors (Lipinski definition) is 2. The highest BCUT2D eigenvalue weighted by molar-refractivity contribution is 5.81. The van der Waals surface area contributed by atoms with E-state index in [2.05, 4.69) is 17.0 Å². The zero-order valence-corrected chi connectivity index (χ0v) is 15.3. The standard InChI is InChI=1S/C21H22N2O4/c1-26-18-4-2-3-16(12-18)23-9-7-22(8-10-23)14-15-11-21(25)27-20-13-17(24)5-6-19(15)20/h2-6,11-13,24H,7-10,14H2,1H3/p+1. The first-order valence-corrected chi connectivity index (χ1v) is 9.11. The van der Waals surface area contributed by atoms with Gasteiger partial charge in [0.25, 0.3) is 0 Å². The molecule has 1 saturated heterocycles. The molecule has 140 valence electrons. The number of aromatic hydroxyl groups is 1. The summed E-state index contributed by atoms with van der Waals surface area (Å²) in [5, 5.41) is 10.5. The van der Waals surface area contributed by atoms with Crippen LogP contribution in [0.1, 0.15) is 5.56 Å². The number of ether oxygens (including phenoxy) is 1. The SMILES string of the molecule is COc1cccc(N2CC[NH+](Cc3cc(=O)oc4cc(O)ccc34)CC2)c1. The summed E-state index contributed by atoms with van der Waals surface area (Å²) in [6, 6.07) is 14.6. The summed E-state index contributed by atoms with van der Waals surface area (Å²) >= 11 is 0. The monoisotopic (exact) mass is 367 g/mol. The molecule has 1 aromatic heterocycles. The van der Waals surface area contributed by atoms with Crippen molar-refractivity contribution in [3.05, 3.63) is 64.5 Å². The average Bonchev–Trinajstić information content (AvgIpc) is 2.68. The van der Waals surface area contributed by atoms with E-state index in [0.29, 0.717) is 5.58 Å². The lowest BCUT2D eigenvalue weighted by Gasteiger charge is -2.33. The molecular formula is C21H23N2O4+. The Morgan fingerprint density at radius 2 is 1.96 bits per heavy atom. The van der Waals surface area contributed by atoms with Crippen molar-refractivity contribution in [2.75, 3.05) is 38.2 Å². The minimum Gasteiger partial charge on any atom is -0.508 e. The third-order valence-electron chi connectivity index (χ3n) is 5.14. The molecule has 6 heteroatoms. The summed E-state index contributed by atoms with van der Waals surface area (Å²) in [6.07, 6.45) is 0. The molecular weight excluding hydrogens is 344 g/mol. The molecule has 0 unspecified atom stereocenters. The van der Waals surface area contributed by atoms with Crippen LogP contribution in [0.5, 0.6) is 11.5 Å². The second kappa shape index (κ2) is 7.32. The Morgan fingerprint density at radius 1 is 1.15 bits per heavy atom. The first-order chi connectivity index (χ1) is 13.1. The number of anilines is 1. The predicted molar refractivity (Wildman–Crippen MR) is 104 cm³/mol. The summed E-state index contributed by atoms with van der Waals surface area (Å²) in [5.41, 5.74) is 2.20. The first kappa shape index (κ1) is 17.4. The Kier molecular flexibility index (Phi) is 4.73. The largest absolute Gasteiger partial charge is 0.508 e. The molecule has 0 amide bonds. The smallest absolute Gasteiger partial charge is 0.336 e. The second-order valence-corrected chi connectivity index (χ2v) is 6.89. The fraction of sp³-hybridized carbons (Fsp3) is 0.286. The van der Waals surface area contributed by atoms with Crippen LogP contribution < -0.4 is 20.2 Å². The highest BCUT2D eigenvalue weighted by Crippen LogP contribution is 2.22. The van der Waals surface area contributed by atoms with Gasteiger partial charge in [-0.15, -0.1) is 0 Å². The molecule has 0 aliphatic carbocycles. The number of phenolic OH excluding ortho intramolecular Hbond substituents is 1. The molecule has 3 aromatic rings. The number of nitrogens with zero attached hydrogens (tertiary/aromatic N) is 1. The highest BCUT2D eigenvalue weighted by atomic mass is 16.5. The molecule has 2 heterocycles. The quantitative estimate of drug-likeness (QED) is 0.683. The topological polar surface area (TPSA) is 67.4 Å². The molecule has 0 atom stereocenters. The van der Waals surface area contributed by atoms with Crippen molar-refractivity contribution >= 4 is 16.7 Å². The number of quaternary nitrogens is 1. The maximum atomic E-state index is 11.9. The van der Waals surface area contributed by atoms with E-state index in [0.717, 1.165) is 49.4 Å². The van der Waals surface area contributed by atoms with Gasteiger partial charge in [0.15, 0.2) is 0 Å². The van der Waals surface area contributed by atoms with Gasteiger partial charge in [0.2, 0.25) is 0 Å². The van der Waals surface area contributed by atoms with Crippen LogP contribution in [-0.2, 0) is 6.54 Å². The van der Waals surface area contributed by atoms with Crippen LogP contribution in [-0.4, -0.2) is 38.4 Å². The molecule has 1 aliphatic heterocycles. The molecule has 0 bridgehead atoms. The van der Waals surface area contributed by atoms with Crippen LogP contribution in [0.3, 0.4) is 0 Å². The molecule has 2 aromatic carbocycles. The highest BCUT2D eigenvalue weighted by Gasteiger charge is 2.22. The van der Waals surface area contributed by atoms with E-state index in [-0.39, 0.29) is 11.4 Å². The molecule has 6 nitrogen and oxygen atoms in total. The molecule has 0 spiro atoms. The van der Waals surface area contributed by atoms with Gasteiger partial charge in [-0.2, -0.15) is 0 Å². The van der Waals surface area contributed by atoms with E-state index in [1.54, 1.807) is 19.2 Å². The maximum Gasteiger partial charge on any atom is 0.336 e. The average molecular weight is 367 g/mol. The van der Waals surface area contributed by atoms with E-state index >= 15 is 0 Å². The van der Waals surface area contributed by atoms with E-state index in [1.807, 2.05) is 18.2 Å². The molecule has 0 saturated carbocycles. The van der Waals surface area contributed by atoms with Crippen LogP contribution in [0.4, 0.5) is 5.69 Å². The fourth-order valence-corrected chi connectivity index (χ4v) is 3.70. The summed E-state index contributed by atoms with van der Waals surface area (Å²) in [7, 11) is 1.68. The predicted octanol–water partition coefficient (Wildman–Crippen LogP) is 1.41. The lowest BCUT2D eigenvalue weighted by atomic mass is 10.1. The third-order valence-corrected chi connectivity index (χ3v) is 5.14. The number of piperazine rings is 1. The number of phenols is 1. The van der Waals surface area contributed by atoms with Crippen LogP contribution in [0.2, 0.25) is 0 Å². The Balaban J connectivity index is 1.48. The zero-order valence-electron chi connectivity index (χ0n) is 15.3. The molecule has 27 heavy (non-hydrogen) atoms. The van der Waals surface area contributed by atoms with E-state index in [1.165, 1.54) is 16.7 Å². The van der Waals surface area contributed by atoms with Gasteiger partial charge in [0.05, 0.1) is 33.3 Å². The number of methoxy groups -OCH3 is 1. The second-order valence-electron chi connectivity index (χ2n) is 6.89. The van der Waals surface area contributed by atoms with Crippen LogP contribution >= 0.6 is 0 Å². The van der Waals surface area contributed by atoms with Gasteiger partial charge in [-0.05, 0) is 24.3 Å². The lowest BCUT2D eigenvalue weighted by Crippen LogP contribution is -3.13. The minimum atomic E-state index is -0.377. The van der Waals surface area contributed by atoms with Gasteiger partial charge in [-0.25, -0.2) is 4.79 Å². The van der Waals surface area contributed by atoms with Crippen molar-refractivity contribution in [1.29, 1.82) is 0 Å². The van der Waals surface area contributed by atoms with Gasteiger partial charge >= 0.3 is 5.63 Å². The summed E-state index contributed by atoms with van der Waals surface area (Å²) in [4.78, 5) is 15.7. The number of benzene rings is 2. The third kappa shape index (κ3) is 3.75. The zero-order chi connectivity index (χ0) is 18.8. The van der Waals surface area contributed by atoms with Crippen LogP contribution in [0.25, 0.3) is 11.0 Å². The Labute approximate surface area is 157 Å². The number of nitrogens with one attached hydrogen (secondary N) is 1. The van der Waals surface area contributed by atoms with Crippen LogP contribution in [0, 0.1) is 0 Å². The van der Waals surface area contributed by atoms with Crippen molar-refractivity contribution in [1.82, 2.24) is 0 Å². The Hall–Kier alpha value is -2.99. The van der Waals surface area contributed by atoms with Gasteiger partial charge in [-0.3, -0.25) is 0 Å². The fourth-order valence-electron chi connectivity index (χ4n) is 3.70. The summed E-state index contributed by atoms with van der Waals surface area (Å²) < 4.78 is 10.5. The maximum absolute atomic E-state index is 11.9. The van der Waals surface area contributed by atoms with E-state index in [4.69, 9.17) is 9.15 Å². The molecule has 0 radical (unpaired) electrons.